The fraction of sp³-hybridized carbons (Fsp3) is 0.154. The molecule has 0 fully saturated rings. The Hall–Kier alpha value is -4.24. The molecule has 0 saturated carbocycles. The van der Waals surface area contributed by atoms with Gasteiger partial charge in [-0.3, -0.25) is 10.1 Å². The van der Waals surface area contributed by atoms with Crippen LogP contribution in [-0.4, -0.2) is 39.5 Å². The number of aromatic nitrogens is 3. The number of carbonyl (C=O) groups is 2. The number of para-hydroxylation sites is 2. The van der Waals surface area contributed by atoms with E-state index in [1.165, 1.54) is 18.3 Å². The molecular weight excluding hydrogens is 464 g/mol. The molecule has 0 radical (unpaired) electrons. The van der Waals surface area contributed by atoms with Gasteiger partial charge in [-0.1, -0.05) is 41.7 Å². The van der Waals surface area contributed by atoms with Crippen LogP contribution >= 0.6 is 11.3 Å². The van der Waals surface area contributed by atoms with Crippen LogP contribution in [0.4, 0.5) is 5.13 Å². The summed E-state index contributed by atoms with van der Waals surface area (Å²) in [6.07, 6.45) is -1.03. The fourth-order valence-corrected chi connectivity index (χ4v) is 4.54. The molecule has 2 aromatic heterocycles. The second-order valence-corrected chi connectivity index (χ2v) is 8.80. The Bertz CT molecular complexity index is 1510. The lowest BCUT2D eigenvalue weighted by molar-refractivity contribution is -0.123. The van der Waals surface area contributed by atoms with Gasteiger partial charge in [0.1, 0.15) is 11.6 Å². The van der Waals surface area contributed by atoms with Crippen LogP contribution in [0, 0.1) is 0 Å². The zero-order valence-corrected chi connectivity index (χ0v) is 19.9. The summed E-state index contributed by atoms with van der Waals surface area (Å²) in [5, 5.41) is 3.16. The number of esters is 1. The molecule has 0 bridgehead atoms. The molecule has 3 aromatic carbocycles. The van der Waals surface area contributed by atoms with Gasteiger partial charge in [0.2, 0.25) is 0 Å². The van der Waals surface area contributed by atoms with Crippen LogP contribution in [-0.2, 0) is 9.53 Å². The smallest absolute Gasteiger partial charge is 0.339 e. The first kappa shape index (κ1) is 22.5. The van der Waals surface area contributed by atoms with E-state index in [2.05, 4.69) is 20.3 Å². The molecule has 2 heterocycles. The Kier molecular flexibility index (Phi) is 6.15. The number of thiazole rings is 1. The van der Waals surface area contributed by atoms with Gasteiger partial charge in [0.05, 0.1) is 33.4 Å². The number of anilines is 1. The highest BCUT2D eigenvalue weighted by atomic mass is 32.1. The minimum absolute atomic E-state index is 0.314. The minimum Gasteiger partial charge on any atom is -0.494 e. The SMILES string of the molecule is CCOc1ccc2nc(NC(=O)C(C)OC(=O)c3ccccc3-c3nc4ccccc4[nH]3)sc2c1. The third kappa shape index (κ3) is 4.71. The summed E-state index contributed by atoms with van der Waals surface area (Å²) in [4.78, 5) is 38.0. The van der Waals surface area contributed by atoms with Crippen molar-refractivity contribution in [2.24, 2.45) is 0 Å². The molecule has 1 atom stereocenters. The number of rotatable bonds is 7. The number of nitrogens with one attached hydrogen (secondary N) is 2. The van der Waals surface area contributed by atoms with Gasteiger partial charge < -0.3 is 14.5 Å². The number of amides is 1. The normalized spacial score (nSPS) is 11.9. The highest BCUT2D eigenvalue weighted by molar-refractivity contribution is 7.22. The lowest BCUT2D eigenvalue weighted by Gasteiger charge is -2.13. The minimum atomic E-state index is -1.03. The van der Waals surface area contributed by atoms with Crippen molar-refractivity contribution in [3.8, 4) is 17.1 Å². The van der Waals surface area contributed by atoms with Crippen molar-refractivity contribution < 1.29 is 19.1 Å². The number of imidazole rings is 1. The first-order chi connectivity index (χ1) is 17.0. The van der Waals surface area contributed by atoms with Gasteiger partial charge in [-0.25, -0.2) is 14.8 Å². The highest BCUT2D eigenvalue weighted by Crippen LogP contribution is 2.30. The molecule has 1 amide bonds. The van der Waals surface area contributed by atoms with Crippen molar-refractivity contribution in [3.05, 3.63) is 72.3 Å². The fourth-order valence-electron chi connectivity index (χ4n) is 3.65. The number of hydrogen-bond acceptors (Lipinski definition) is 7. The summed E-state index contributed by atoms with van der Waals surface area (Å²) in [5.74, 6) is 0.210. The van der Waals surface area contributed by atoms with E-state index in [-0.39, 0.29) is 0 Å². The Morgan fingerprint density at radius 3 is 2.66 bits per heavy atom. The van der Waals surface area contributed by atoms with Gasteiger partial charge >= 0.3 is 5.97 Å². The molecule has 0 aliphatic carbocycles. The number of hydrogen-bond donors (Lipinski definition) is 2. The van der Waals surface area contributed by atoms with Gasteiger partial charge in [-0.15, -0.1) is 0 Å². The molecule has 8 nitrogen and oxygen atoms in total. The average Bonchev–Trinajstić information content (AvgIpc) is 3.47. The topological polar surface area (TPSA) is 106 Å². The van der Waals surface area contributed by atoms with Crippen LogP contribution in [0.1, 0.15) is 24.2 Å². The predicted molar refractivity (Wildman–Crippen MR) is 136 cm³/mol. The molecule has 0 spiro atoms. The van der Waals surface area contributed by atoms with Crippen molar-refractivity contribution in [1.29, 1.82) is 0 Å². The van der Waals surface area contributed by atoms with Crippen molar-refractivity contribution in [3.63, 3.8) is 0 Å². The number of aromatic amines is 1. The summed E-state index contributed by atoms with van der Waals surface area (Å²) >= 11 is 1.32. The lowest BCUT2D eigenvalue weighted by Crippen LogP contribution is -2.30. The Morgan fingerprint density at radius 1 is 1.03 bits per heavy atom. The van der Waals surface area contributed by atoms with E-state index in [1.807, 2.05) is 55.5 Å². The molecule has 0 saturated heterocycles. The van der Waals surface area contributed by atoms with E-state index in [9.17, 15) is 9.59 Å². The van der Waals surface area contributed by atoms with Crippen LogP contribution in [0.2, 0.25) is 0 Å². The maximum Gasteiger partial charge on any atom is 0.339 e. The number of H-pyrrole nitrogens is 1. The second-order valence-electron chi connectivity index (χ2n) is 7.77. The Morgan fingerprint density at radius 2 is 1.83 bits per heavy atom. The molecule has 0 aliphatic rings. The third-order valence-corrected chi connectivity index (χ3v) is 6.28. The van der Waals surface area contributed by atoms with Crippen LogP contribution in [0.25, 0.3) is 32.6 Å². The van der Waals surface area contributed by atoms with Gasteiger partial charge in [-0.05, 0) is 50.2 Å². The van der Waals surface area contributed by atoms with Crippen LogP contribution in [0.15, 0.2) is 66.7 Å². The summed E-state index contributed by atoms with van der Waals surface area (Å²) < 4.78 is 11.9. The maximum absolute atomic E-state index is 13.0. The van der Waals surface area contributed by atoms with E-state index < -0.39 is 18.0 Å². The number of fused-ring (bicyclic) bond motifs is 2. The molecular formula is C26H22N4O4S. The second kappa shape index (κ2) is 9.55. The van der Waals surface area contributed by atoms with Crippen molar-refractivity contribution in [1.82, 2.24) is 15.0 Å². The van der Waals surface area contributed by atoms with Crippen LogP contribution in [0.3, 0.4) is 0 Å². The van der Waals surface area contributed by atoms with E-state index in [1.54, 1.807) is 18.2 Å². The monoisotopic (exact) mass is 486 g/mol. The van der Waals surface area contributed by atoms with E-state index in [4.69, 9.17) is 9.47 Å². The van der Waals surface area contributed by atoms with Crippen LogP contribution < -0.4 is 10.1 Å². The Balaban J connectivity index is 1.30. The molecule has 35 heavy (non-hydrogen) atoms. The van der Waals surface area contributed by atoms with Crippen molar-refractivity contribution >= 4 is 49.6 Å². The quantitative estimate of drug-likeness (QED) is 0.298. The summed E-state index contributed by atoms with van der Waals surface area (Å²) in [6, 6.07) is 20.2. The predicted octanol–water partition coefficient (Wildman–Crippen LogP) is 5.42. The number of ether oxygens (including phenoxy) is 2. The third-order valence-electron chi connectivity index (χ3n) is 5.35. The van der Waals surface area contributed by atoms with E-state index in [0.29, 0.717) is 28.7 Å². The van der Waals surface area contributed by atoms with Crippen molar-refractivity contribution in [2.75, 3.05) is 11.9 Å². The lowest BCUT2D eigenvalue weighted by atomic mass is 10.1. The van der Waals surface area contributed by atoms with Gasteiger partial charge in [0, 0.05) is 5.56 Å². The van der Waals surface area contributed by atoms with E-state index >= 15 is 0 Å². The molecule has 1 unspecified atom stereocenters. The summed E-state index contributed by atoms with van der Waals surface area (Å²) in [5.41, 5.74) is 3.32. The van der Waals surface area contributed by atoms with Gasteiger partial charge in [0.15, 0.2) is 11.2 Å². The molecule has 5 aromatic rings. The zero-order chi connectivity index (χ0) is 24.4. The largest absolute Gasteiger partial charge is 0.494 e. The molecule has 176 valence electrons. The highest BCUT2D eigenvalue weighted by Gasteiger charge is 2.23. The van der Waals surface area contributed by atoms with Gasteiger partial charge in [-0.2, -0.15) is 0 Å². The Labute approximate surface area is 204 Å². The first-order valence-corrected chi connectivity index (χ1v) is 11.9. The molecule has 5 rings (SSSR count). The maximum atomic E-state index is 13.0. The van der Waals surface area contributed by atoms with Crippen LogP contribution in [0.5, 0.6) is 5.75 Å². The first-order valence-electron chi connectivity index (χ1n) is 11.1. The van der Waals surface area contributed by atoms with Gasteiger partial charge in [0.25, 0.3) is 5.91 Å². The molecule has 9 heteroatoms. The molecule has 2 N–H and O–H groups in total. The summed E-state index contributed by atoms with van der Waals surface area (Å²) in [7, 11) is 0. The van der Waals surface area contributed by atoms with E-state index in [0.717, 1.165) is 27.0 Å². The standard InChI is InChI=1S/C26H22N4O4S/c1-3-33-16-12-13-21-22(14-16)35-26(29-21)30-24(31)15(2)34-25(32)18-9-5-4-8-17(18)23-27-19-10-6-7-11-20(19)28-23/h4-15H,3H2,1-2H3,(H,27,28)(H,29,30,31). The average molecular weight is 487 g/mol. The number of carbonyl (C=O) groups excluding carboxylic acids is 2. The zero-order valence-electron chi connectivity index (χ0n) is 19.1. The molecule has 0 aliphatic heterocycles. The van der Waals surface area contributed by atoms with Crippen molar-refractivity contribution in [2.45, 2.75) is 20.0 Å². The number of nitrogens with zero attached hydrogens (tertiary/aromatic N) is 2. The summed E-state index contributed by atoms with van der Waals surface area (Å²) in [6.45, 7) is 4.01. The number of benzene rings is 3.